The van der Waals surface area contributed by atoms with Gasteiger partial charge in [-0.25, -0.2) is 4.39 Å². The molecule has 0 spiro atoms. The monoisotopic (exact) mass is 293 g/mol. The van der Waals surface area contributed by atoms with E-state index in [2.05, 4.69) is 19.2 Å². The van der Waals surface area contributed by atoms with Gasteiger partial charge in [-0.05, 0) is 37.6 Å². The second kappa shape index (κ2) is 6.95. The average Bonchev–Trinajstić information content (AvgIpc) is 2.78. The molecule has 1 aromatic carbocycles. The summed E-state index contributed by atoms with van der Waals surface area (Å²) >= 11 is 1.55. The van der Waals surface area contributed by atoms with Gasteiger partial charge in [0.1, 0.15) is 11.6 Å². The second-order valence-corrected chi connectivity index (χ2v) is 6.27. The number of benzene rings is 1. The summed E-state index contributed by atoms with van der Waals surface area (Å²) < 4.78 is 19.3. The number of hydrogen-bond donors (Lipinski definition) is 1. The Morgan fingerprint density at radius 1 is 1.25 bits per heavy atom. The Balaban J connectivity index is 2.15. The largest absolute Gasteiger partial charge is 0.468 e. The van der Waals surface area contributed by atoms with E-state index in [4.69, 9.17) is 4.42 Å². The van der Waals surface area contributed by atoms with Crippen molar-refractivity contribution in [1.82, 2.24) is 5.32 Å². The molecule has 0 saturated carbocycles. The lowest BCUT2D eigenvalue weighted by atomic mass is 10.2. The van der Waals surface area contributed by atoms with Gasteiger partial charge in [-0.15, -0.1) is 0 Å². The zero-order valence-corrected chi connectivity index (χ0v) is 12.9. The van der Waals surface area contributed by atoms with Gasteiger partial charge in [-0.2, -0.15) is 0 Å². The minimum Gasteiger partial charge on any atom is -0.468 e. The van der Waals surface area contributed by atoms with Crippen molar-refractivity contribution in [3.05, 3.63) is 47.7 Å². The van der Waals surface area contributed by atoms with Crippen LogP contribution in [-0.4, -0.2) is 6.54 Å². The van der Waals surface area contributed by atoms with Gasteiger partial charge in [0.25, 0.3) is 0 Å². The molecule has 4 heteroatoms. The fourth-order valence-corrected chi connectivity index (χ4v) is 2.88. The van der Waals surface area contributed by atoms with Crippen LogP contribution in [0.15, 0.2) is 44.7 Å². The molecule has 0 amide bonds. The normalized spacial score (nSPS) is 11.2. The van der Waals surface area contributed by atoms with Crippen LogP contribution in [0.4, 0.5) is 4.39 Å². The standard InChI is InChI=1S/C16H20FNOS/c1-11(2)9-18-10-13-14(17)5-4-6-16(13)20-15-7-8-19-12(15)3/h4-8,11,18H,9-10H2,1-3H3. The van der Waals surface area contributed by atoms with Gasteiger partial charge >= 0.3 is 0 Å². The quantitative estimate of drug-likeness (QED) is 0.841. The molecule has 0 bridgehead atoms. The van der Waals surface area contributed by atoms with Crippen LogP contribution >= 0.6 is 11.8 Å². The van der Waals surface area contributed by atoms with Gasteiger partial charge in [0.15, 0.2) is 0 Å². The Morgan fingerprint density at radius 3 is 2.70 bits per heavy atom. The summed E-state index contributed by atoms with van der Waals surface area (Å²) in [5, 5.41) is 3.30. The van der Waals surface area contributed by atoms with Crippen LogP contribution in [0.2, 0.25) is 0 Å². The number of furan rings is 1. The minimum absolute atomic E-state index is 0.160. The van der Waals surface area contributed by atoms with Crippen LogP contribution in [0.3, 0.4) is 0 Å². The molecule has 0 atom stereocenters. The molecular weight excluding hydrogens is 273 g/mol. The van der Waals surface area contributed by atoms with Gasteiger partial charge in [-0.3, -0.25) is 0 Å². The van der Waals surface area contributed by atoms with E-state index < -0.39 is 0 Å². The van der Waals surface area contributed by atoms with E-state index in [1.54, 1.807) is 24.1 Å². The molecule has 2 aromatic rings. The molecular formula is C16H20FNOS. The molecule has 2 nitrogen and oxygen atoms in total. The van der Waals surface area contributed by atoms with Crippen molar-refractivity contribution in [2.45, 2.75) is 37.1 Å². The Bertz CT molecular complexity index is 565. The topological polar surface area (TPSA) is 25.2 Å². The van der Waals surface area contributed by atoms with E-state index >= 15 is 0 Å². The highest BCUT2D eigenvalue weighted by Gasteiger charge is 2.12. The molecule has 1 N–H and O–H groups in total. The molecule has 0 aliphatic rings. The molecule has 1 aromatic heterocycles. The van der Waals surface area contributed by atoms with Gasteiger partial charge in [0.2, 0.25) is 0 Å². The summed E-state index contributed by atoms with van der Waals surface area (Å²) in [6.07, 6.45) is 1.66. The van der Waals surface area contributed by atoms with Crippen LogP contribution in [0, 0.1) is 18.7 Å². The van der Waals surface area contributed by atoms with Crippen LogP contribution in [0.5, 0.6) is 0 Å². The fraction of sp³-hybridized carbons (Fsp3) is 0.375. The molecule has 20 heavy (non-hydrogen) atoms. The first-order valence-electron chi connectivity index (χ1n) is 6.78. The van der Waals surface area contributed by atoms with Crippen LogP contribution in [0.1, 0.15) is 25.2 Å². The number of hydrogen-bond acceptors (Lipinski definition) is 3. The van der Waals surface area contributed by atoms with Crippen molar-refractivity contribution < 1.29 is 8.81 Å². The van der Waals surface area contributed by atoms with E-state index in [9.17, 15) is 4.39 Å². The summed E-state index contributed by atoms with van der Waals surface area (Å²) in [7, 11) is 0. The van der Waals surface area contributed by atoms with E-state index in [1.807, 2.05) is 19.1 Å². The van der Waals surface area contributed by atoms with E-state index in [-0.39, 0.29) is 5.82 Å². The number of aryl methyl sites for hydroxylation is 1. The molecule has 2 rings (SSSR count). The van der Waals surface area contributed by atoms with Gasteiger partial charge in [0.05, 0.1) is 11.2 Å². The molecule has 0 saturated heterocycles. The molecule has 108 valence electrons. The minimum atomic E-state index is -0.160. The maximum absolute atomic E-state index is 14.0. The first-order chi connectivity index (χ1) is 9.58. The highest BCUT2D eigenvalue weighted by atomic mass is 32.2. The van der Waals surface area contributed by atoms with Crippen LogP contribution in [-0.2, 0) is 6.54 Å². The lowest BCUT2D eigenvalue weighted by Crippen LogP contribution is -2.20. The van der Waals surface area contributed by atoms with Gasteiger partial charge in [0, 0.05) is 17.0 Å². The van der Waals surface area contributed by atoms with Crippen molar-refractivity contribution in [2.75, 3.05) is 6.54 Å². The van der Waals surface area contributed by atoms with E-state index in [0.717, 1.165) is 27.7 Å². The van der Waals surface area contributed by atoms with Gasteiger partial charge in [-0.1, -0.05) is 31.7 Å². The van der Waals surface area contributed by atoms with Crippen LogP contribution < -0.4 is 5.32 Å². The van der Waals surface area contributed by atoms with Gasteiger partial charge < -0.3 is 9.73 Å². The summed E-state index contributed by atoms with van der Waals surface area (Å²) in [4.78, 5) is 1.96. The molecule has 0 fully saturated rings. The molecule has 1 heterocycles. The number of rotatable bonds is 6. The third-order valence-corrected chi connectivity index (χ3v) is 4.21. The maximum atomic E-state index is 14.0. The smallest absolute Gasteiger partial charge is 0.128 e. The Hall–Kier alpha value is -1.26. The predicted octanol–water partition coefficient (Wildman–Crippen LogP) is 4.62. The lowest BCUT2D eigenvalue weighted by molar-refractivity contribution is 0.526. The zero-order valence-electron chi connectivity index (χ0n) is 12.1. The van der Waals surface area contributed by atoms with Crippen molar-refractivity contribution in [3.8, 4) is 0 Å². The Labute approximate surface area is 123 Å². The lowest BCUT2D eigenvalue weighted by Gasteiger charge is -2.12. The zero-order chi connectivity index (χ0) is 14.5. The predicted molar refractivity (Wildman–Crippen MR) is 80.5 cm³/mol. The van der Waals surface area contributed by atoms with Crippen LogP contribution in [0.25, 0.3) is 0 Å². The fourth-order valence-electron chi connectivity index (χ4n) is 1.89. The number of halogens is 1. The summed E-state index contributed by atoms with van der Waals surface area (Å²) in [5.74, 6) is 1.25. The third-order valence-electron chi connectivity index (χ3n) is 2.96. The molecule has 0 aliphatic heterocycles. The van der Waals surface area contributed by atoms with Crippen molar-refractivity contribution >= 4 is 11.8 Å². The summed E-state index contributed by atoms with van der Waals surface area (Å²) in [5.41, 5.74) is 0.721. The molecule has 0 aliphatic carbocycles. The Morgan fingerprint density at radius 2 is 2.05 bits per heavy atom. The van der Waals surface area contributed by atoms with Crippen molar-refractivity contribution in [3.63, 3.8) is 0 Å². The van der Waals surface area contributed by atoms with Crippen molar-refractivity contribution in [2.24, 2.45) is 5.92 Å². The average molecular weight is 293 g/mol. The first kappa shape index (κ1) is 15.1. The highest BCUT2D eigenvalue weighted by Crippen LogP contribution is 2.34. The van der Waals surface area contributed by atoms with Crippen molar-refractivity contribution in [1.29, 1.82) is 0 Å². The summed E-state index contributed by atoms with van der Waals surface area (Å²) in [6.45, 7) is 7.61. The summed E-state index contributed by atoms with van der Waals surface area (Å²) in [6, 6.07) is 7.13. The highest BCUT2D eigenvalue weighted by molar-refractivity contribution is 7.99. The Kier molecular flexibility index (Phi) is 5.26. The second-order valence-electron chi connectivity index (χ2n) is 5.18. The number of nitrogens with one attached hydrogen (secondary N) is 1. The van der Waals surface area contributed by atoms with E-state index in [1.165, 1.54) is 6.07 Å². The maximum Gasteiger partial charge on any atom is 0.128 e. The van der Waals surface area contributed by atoms with E-state index in [0.29, 0.717) is 12.5 Å². The molecule has 0 unspecified atom stereocenters. The SMILES string of the molecule is Cc1occc1Sc1cccc(F)c1CNCC(C)C. The first-order valence-corrected chi connectivity index (χ1v) is 7.59. The third kappa shape index (κ3) is 3.87. The molecule has 0 radical (unpaired) electrons.